The first kappa shape index (κ1) is 17.8. The number of hydrogen-bond acceptors (Lipinski definition) is 5. The third-order valence-corrected chi connectivity index (χ3v) is 8.53. The fourth-order valence-electron chi connectivity index (χ4n) is 1.53. The SMILES string of the molecule is COc1ccc(N)c(NCCCO[Si](C)(C)C(C)(C)C)n1. The summed E-state index contributed by atoms with van der Waals surface area (Å²) in [5.41, 5.74) is 6.51. The van der Waals surface area contributed by atoms with E-state index in [1.165, 1.54) is 0 Å². The molecule has 21 heavy (non-hydrogen) atoms. The lowest BCUT2D eigenvalue weighted by Gasteiger charge is -2.36. The molecule has 120 valence electrons. The molecule has 1 aromatic heterocycles. The number of pyridine rings is 1. The van der Waals surface area contributed by atoms with Gasteiger partial charge in [-0.1, -0.05) is 20.8 Å². The van der Waals surface area contributed by atoms with Crippen LogP contribution in [0, 0.1) is 0 Å². The summed E-state index contributed by atoms with van der Waals surface area (Å²) < 4.78 is 11.2. The number of rotatable bonds is 7. The van der Waals surface area contributed by atoms with Crippen molar-refractivity contribution in [1.29, 1.82) is 0 Å². The molecule has 0 saturated heterocycles. The first-order chi connectivity index (χ1) is 9.67. The van der Waals surface area contributed by atoms with Gasteiger partial charge in [-0.25, -0.2) is 0 Å². The van der Waals surface area contributed by atoms with Crippen LogP contribution in [0.15, 0.2) is 12.1 Å². The van der Waals surface area contributed by atoms with Crippen molar-refractivity contribution in [3.05, 3.63) is 12.1 Å². The zero-order chi connectivity index (χ0) is 16.1. The van der Waals surface area contributed by atoms with Gasteiger partial charge in [0.25, 0.3) is 0 Å². The average Bonchev–Trinajstić information content (AvgIpc) is 2.39. The first-order valence-corrected chi connectivity index (χ1v) is 10.3. The van der Waals surface area contributed by atoms with Crippen LogP contribution < -0.4 is 15.8 Å². The average molecular weight is 312 g/mol. The van der Waals surface area contributed by atoms with Crippen LogP contribution >= 0.6 is 0 Å². The summed E-state index contributed by atoms with van der Waals surface area (Å²) in [6.07, 6.45) is 0.921. The molecule has 0 radical (unpaired) electrons. The summed E-state index contributed by atoms with van der Waals surface area (Å²) in [4.78, 5) is 4.29. The summed E-state index contributed by atoms with van der Waals surface area (Å²) in [6.45, 7) is 12.8. The van der Waals surface area contributed by atoms with E-state index in [1.807, 2.05) is 0 Å². The van der Waals surface area contributed by atoms with Crippen molar-refractivity contribution in [1.82, 2.24) is 4.98 Å². The Hall–Kier alpha value is -1.27. The molecule has 0 spiro atoms. The summed E-state index contributed by atoms with van der Waals surface area (Å²) in [5, 5.41) is 3.48. The zero-order valence-corrected chi connectivity index (χ0v) is 15.1. The summed E-state index contributed by atoms with van der Waals surface area (Å²) in [7, 11) is -0.0553. The van der Waals surface area contributed by atoms with Gasteiger partial charge in [-0.15, -0.1) is 0 Å². The third-order valence-electron chi connectivity index (χ3n) is 3.99. The van der Waals surface area contributed by atoms with Crippen molar-refractivity contribution in [2.75, 3.05) is 31.3 Å². The molecule has 1 heterocycles. The second-order valence-corrected chi connectivity index (χ2v) is 11.5. The minimum atomic E-state index is -1.65. The Balaban J connectivity index is 2.38. The maximum Gasteiger partial charge on any atom is 0.215 e. The van der Waals surface area contributed by atoms with Crippen molar-refractivity contribution in [3.8, 4) is 5.88 Å². The summed E-state index contributed by atoms with van der Waals surface area (Å²) in [6, 6.07) is 3.54. The van der Waals surface area contributed by atoms with Crippen LogP contribution in [0.4, 0.5) is 11.5 Å². The maximum absolute atomic E-state index is 6.13. The van der Waals surface area contributed by atoms with Crippen LogP contribution in [-0.2, 0) is 4.43 Å². The maximum atomic E-state index is 6.13. The quantitative estimate of drug-likeness (QED) is 0.596. The highest BCUT2D eigenvalue weighted by atomic mass is 28.4. The Morgan fingerprint density at radius 1 is 1.29 bits per heavy atom. The Kier molecular flexibility index (Phi) is 6.04. The van der Waals surface area contributed by atoms with Gasteiger partial charge in [-0.05, 0) is 30.6 Å². The molecule has 0 bridgehead atoms. The highest BCUT2D eigenvalue weighted by Crippen LogP contribution is 2.36. The Morgan fingerprint density at radius 3 is 2.52 bits per heavy atom. The van der Waals surface area contributed by atoms with Crippen molar-refractivity contribution in [2.24, 2.45) is 0 Å². The predicted molar refractivity (Wildman–Crippen MR) is 91.5 cm³/mol. The van der Waals surface area contributed by atoms with Gasteiger partial charge in [-0.2, -0.15) is 4.98 Å². The van der Waals surface area contributed by atoms with E-state index in [2.05, 4.69) is 44.2 Å². The molecule has 3 N–H and O–H groups in total. The number of nitrogen functional groups attached to an aromatic ring is 1. The Morgan fingerprint density at radius 2 is 1.95 bits per heavy atom. The van der Waals surface area contributed by atoms with Gasteiger partial charge in [0, 0.05) is 19.2 Å². The van der Waals surface area contributed by atoms with E-state index >= 15 is 0 Å². The number of hydrogen-bond donors (Lipinski definition) is 2. The highest BCUT2D eigenvalue weighted by molar-refractivity contribution is 6.74. The molecule has 0 aliphatic heterocycles. The molecule has 0 aliphatic rings. The normalized spacial score (nSPS) is 12.3. The third kappa shape index (κ3) is 5.21. The van der Waals surface area contributed by atoms with Crippen LogP contribution in [-0.4, -0.2) is 33.6 Å². The van der Waals surface area contributed by atoms with Crippen molar-refractivity contribution < 1.29 is 9.16 Å². The van der Waals surface area contributed by atoms with E-state index in [4.69, 9.17) is 14.9 Å². The fraction of sp³-hybridized carbons (Fsp3) is 0.667. The first-order valence-electron chi connectivity index (χ1n) is 7.36. The van der Waals surface area contributed by atoms with Gasteiger partial charge in [-0.3, -0.25) is 0 Å². The summed E-state index contributed by atoms with van der Waals surface area (Å²) >= 11 is 0. The minimum Gasteiger partial charge on any atom is -0.481 e. The van der Waals surface area contributed by atoms with E-state index < -0.39 is 8.32 Å². The van der Waals surface area contributed by atoms with E-state index in [9.17, 15) is 0 Å². The van der Waals surface area contributed by atoms with Gasteiger partial charge in [0.05, 0.1) is 12.8 Å². The van der Waals surface area contributed by atoms with Crippen molar-refractivity contribution >= 4 is 19.8 Å². The number of nitrogens with one attached hydrogen (secondary N) is 1. The fourth-order valence-corrected chi connectivity index (χ4v) is 2.62. The van der Waals surface area contributed by atoms with Crippen molar-refractivity contribution in [2.45, 2.75) is 45.3 Å². The molecular formula is C15H29N3O2Si. The second-order valence-electron chi connectivity index (χ2n) is 6.68. The number of nitrogens with zero attached hydrogens (tertiary/aromatic N) is 1. The Bertz CT molecular complexity index is 459. The summed E-state index contributed by atoms with van der Waals surface area (Å²) in [5.74, 6) is 1.23. The number of ether oxygens (including phenoxy) is 1. The molecule has 0 aliphatic carbocycles. The van der Waals surface area contributed by atoms with Gasteiger partial charge < -0.3 is 20.2 Å². The predicted octanol–water partition coefficient (Wildman–Crippen LogP) is 3.50. The lowest BCUT2D eigenvalue weighted by atomic mass is 10.2. The van der Waals surface area contributed by atoms with Crippen LogP contribution in [0.1, 0.15) is 27.2 Å². The molecule has 0 fully saturated rings. The molecule has 0 aromatic carbocycles. The number of anilines is 2. The molecular weight excluding hydrogens is 282 g/mol. The lowest BCUT2D eigenvalue weighted by Crippen LogP contribution is -2.41. The number of aromatic nitrogens is 1. The molecule has 0 unspecified atom stereocenters. The zero-order valence-electron chi connectivity index (χ0n) is 14.1. The number of methoxy groups -OCH3 is 1. The monoisotopic (exact) mass is 311 g/mol. The lowest BCUT2D eigenvalue weighted by molar-refractivity contribution is 0.286. The van der Waals surface area contributed by atoms with Gasteiger partial charge >= 0.3 is 0 Å². The van der Waals surface area contributed by atoms with Crippen molar-refractivity contribution in [3.63, 3.8) is 0 Å². The van der Waals surface area contributed by atoms with Crippen LogP contribution in [0.2, 0.25) is 18.1 Å². The van der Waals surface area contributed by atoms with E-state index in [-0.39, 0.29) is 5.04 Å². The molecule has 0 amide bonds. The van der Waals surface area contributed by atoms with Gasteiger partial charge in [0.15, 0.2) is 14.1 Å². The molecule has 6 heteroatoms. The van der Waals surface area contributed by atoms with Crippen LogP contribution in [0.25, 0.3) is 0 Å². The van der Waals surface area contributed by atoms with Crippen LogP contribution in [0.3, 0.4) is 0 Å². The Labute approximate surface area is 129 Å². The molecule has 0 saturated carbocycles. The second kappa shape index (κ2) is 7.13. The topological polar surface area (TPSA) is 69.4 Å². The van der Waals surface area contributed by atoms with E-state index in [0.717, 1.165) is 19.6 Å². The van der Waals surface area contributed by atoms with E-state index in [0.29, 0.717) is 17.4 Å². The smallest absolute Gasteiger partial charge is 0.215 e. The minimum absolute atomic E-state index is 0.249. The standard InChI is InChI=1S/C15H29N3O2Si/c1-15(2,3)21(5,6)20-11-7-10-17-14-12(16)8-9-13(18-14)19-4/h8-9H,7,10-11,16H2,1-6H3,(H,17,18). The van der Waals surface area contributed by atoms with Gasteiger partial charge in [0.1, 0.15) is 0 Å². The molecule has 1 aromatic rings. The highest BCUT2D eigenvalue weighted by Gasteiger charge is 2.36. The molecule has 5 nitrogen and oxygen atoms in total. The molecule has 1 rings (SSSR count). The molecule has 0 atom stereocenters. The van der Waals surface area contributed by atoms with Crippen LogP contribution in [0.5, 0.6) is 5.88 Å². The number of nitrogens with two attached hydrogens (primary N) is 1. The largest absolute Gasteiger partial charge is 0.481 e. The van der Waals surface area contributed by atoms with Gasteiger partial charge in [0.2, 0.25) is 5.88 Å². The van der Waals surface area contributed by atoms with E-state index in [1.54, 1.807) is 19.2 Å².